The van der Waals surface area contributed by atoms with Crippen LogP contribution < -0.4 is 4.18 Å². The van der Waals surface area contributed by atoms with E-state index in [4.69, 9.17) is 22.5 Å². The fourth-order valence-corrected chi connectivity index (χ4v) is 5.51. The van der Waals surface area contributed by atoms with E-state index in [1.54, 1.807) is 36.4 Å². The van der Waals surface area contributed by atoms with E-state index in [2.05, 4.69) is 4.18 Å². The zero-order chi connectivity index (χ0) is 41.5. The molecule has 0 aliphatic rings. The summed E-state index contributed by atoms with van der Waals surface area (Å²) >= 11 is 0. The summed E-state index contributed by atoms with van der Waals surface area (Å²) in [6, 6.07) is 13.4. The van der Waals surface area contributed by atoms with E-state index in [1.807, 2.05) is 0 Å². The molecule has 0 bridgehead atoms. The quantitative estimate of drug-likeness (QED) is 0.149. The number of aromatic hydroxyl groups is 1. The van der Waals surface area contributed by atoms with Crippen molar-refractivity contribution >= 4 is 54.0 Å². The number of hydrogen-bond acceptors (Lipinski definition) is 6. The zero-order valence-corrected chi connectivity index (χ0v) is 24.3. The highest BCUT2D eigenvalue weighted by atomic mass is 32.2. The van der Waals surface area contributed by atoms with E-state index in [-0.39, 0.29) is 56.5 Å². The van der Waals surface area contributed by atoms with Crippen LogP contribution in [0.3, 0.4) is 0 Å². The van der Waals surface area contributed by atoms with Crippen molar-refractivity contribution in [2.24, 2.45) is 0 Å². The summed E-state index contributed by atoms with van der Waals surface area (Å²) in [4.78, 5) is 0. The lowest BCUT2D eigenvalue weighted by molar-refractivity contribution is -0.0499. The average Bonchev–Trinajstić information content (AvgIpc) is 3.75. The van der Waals surface area contributed by atoms with Gasteiger partial charge >= 0.3 is 15.6 Å². The maximum absolute atomic E-state index is 12.8. The van der Waals surface area contributed by atoms with Crippen LogP contribution in [-0.4, -0.2) is 19.0 Å². The highest BCUT2D eigenvalue weighted by molar-refractivity contribution is 7.88. The van der Waals surface area contributed by atoms with Crippen LogP contribution in [0.4, 0.5) is 13.2 Å². The lowest BCUT2D eigenvalue weighted by Crippen LogP contribution is -2.28. The number of phenolic OH excluding ortho intramolecular Hbond substituents is 1. The number of halogens is 3. The van der Waals surface area contributed by atoms with Gasteiger partial charge in [-0.2, -0.15) is 21.6 Å². The van der Waals surface area contributed by atoms with E-state index in [0.717, 1.165) is 6.07 Å². The third kappa shape index (κ3) is 5.42. The third-order valence-corrected chi connectivity index (χ3v) is 7.97. The second-order valence-corrected chi connectivity index (χ2v) is 11.4. The molecule has 0 radical (unpaired) electrons. The Morgan fingerprint density at radius 3 is 1.64 bits per heavy atom. The second-order valence-electron chi connectivity index (χ2n) is 9.83. The van der Waals surface area contributed by atoms with Gasteiger partial charge in [-0.15, -0.1) is 0 Å². The molecule has 0 amide bonds. The first kappa shape index (κ1) is 20.4. The van der Waals surface area contributed by atoms with Crippen molar-refractivity contribution in [3.8, 4) is 33.8 Å². The van der Waals surface area contributed by atoms with Crippen molar-refractivity contribution in [1.82, 2.24) is 0 Å². The first-order chi connectivity index (χ1) is 26.8. The molecular formula is C37H23F3O6S. The highest BCUT2D eigenvalue weighted by Gasteiger charge is 2.48. The summed E-state index contributed by atoms with van der Waals surface area (Å²) in [7, 11) is -5.95. The Balaban J connectivity index is 0.000000179. The van der Waals surface area contributed by atoms with Gasteiger partial charge in [0.15, 0.2) is 5.75 Å². The third-order valence-electron chi connectivity index (χ3n) is 7.01. The topological polar surface area (TPSA) is 89.9 Å². The average molecular weight is 663 g/mol. The van der Waals surface area contributed by atoms with E-state index in [0.29, 0.717) is 27.5 Å². The van der Waals surface area contributed by atoms with Gasteiger partial charge < -0.3 is 18.1 Å². The molecule has 0 fully saturated rings. The Morgan fingerprint density at radius 1 is 0.638 bits per heavy atom. The molecule has 10 heteroatoms. The van der Waals surface area contributed by atoms with E-state index in [1.165, 1.54) is 30.3 Å². The second kappa shape index (κ2) is 11.6. The molecule has 2 aromatic heterocycles. The lowest BCUT2D eigenvalue weighted by atomic mass is 10.0. The molecule has 0 aliphatic carbocycles. The van der Waals surface area contributed by atoms with E-state index < -0.39 is 69.7 Å². The van der Waals surface area contributed by atoms with Crippen LogP contribution in [0.15, 0.2) is 142 Å². The summed E-state index contributed by atoms with van der Waals surface area (Å²) in [6.07, 6.45) is 0. The molecule has 47 heavy (non-hydrogen) atoms. The summed E-state index contributed by atoms with van der Waals surface area (Å²) in [5, 5.41) is 11.3. The Bertz CT molecular complexity index is 3030. The standard InChI is InChI=1S/C19H11F3O4S.C18H12O2/c20-19(21,22)27(23,24)26-16-11-5-10-15-17(16)14-9-4-8-13(18(14)25-15)12-6-2-1-3-7-12;19-15-10-5-11-16-17(15)14-9-4-8-13(18(14)20-16)12-6-2-1-3-7-12/h1-11H;1-11,19H/i2*1D,2D,3D,6D,7D. The largest absolute Gasteiger partial charge is 0.534 e. The maximum atomic E-state index is 12.8. The molecule has 1 N–H and O–H groups in total. The molecule has 0 unspecified atom stereocenters. The SMILES string of the molecule is [2H]c1c([2H])c([2H])c(-c2cccc3c2oc2cccc(O)c23)c([2H])c1[2H].[2H]c1c([2H])c([2H])c(-c2cccc3c2oc2cccc(OS(=O)(=O)C(F)(F)F)c23)c([2H])c1[2H]. The maximum Gasteiger partial charge on any atom is 0.534 e. The summed E-state index contributed by atoms with van der Waals surface area (Å²) in [5.41, 5.74) is -4.46. The van der Waals surface area contributed by atoms with Crippen molar-refractivity contribution < 1.29 is 53.4 Å². The van der Waals surface area contributed by atoms with Gasteiger partial charge in [-0.25, -0.2) is 0 Å². The fraction of sp³-hybridized carbons (Fsp3) is 0.0270. The number of rotatable bonds is 4. The summed E-state index contributed by atoms with van der Waals surface area (Å²) in [6.45, 7) is 0. The molecule has 0 saturated heterocycles. The first-order valence-corrected chi connectivity index (χ1v) is 14.9. The van der Waals surface area contributed by atoms with Crippen LogP contribution in [0, 0.1) is 0 Å². The first-order valence-electron chi connectivity index (χ1n) is 18.5. The number of fused-ring (bicyclic) bond motifs is 6. The van der Waals surface area contributed by atoms with Crippen LogP contribution in [-0.2, 0) is 10.1 Å². The Morgan fingerprint density at radius 2 is 1.11 bits per heavy atom. The summed E-state index contributed by atoms with van der Waals surface area (Å²) in [5.74, 6) is -0.564. The van der Waals surface area contributed by atoms with Gasteiger partial charge in [0.05, 0.1) is 24.5 Å². The molecule has 8 aromatic rings. The highest BCUT2D eigenvalue weighted by Crippen LogP contribution is 2.42. The van der Waals surface area contributed by atoms with Crippen molar-refractivity contribution in [3.63, 3.8) is 0 Å². The van der Waals surface area contributed by atoms with Crippen LogP contribution >= 0.6 is 0 Å². The number of benzene rings is 6. The number of furan rings is 2. The molecular weight excluding hydrogens is 629 g/mol. The van der Waals surface area contributed by atoms with Gasteiger partial charge in [0.1, 0.15) is 28.1 Å². The predicted octanol–water partition coefficient (Wildman–Crippen LogP) is 10.4. The summed E-state index contributed by atoms with van der Waals surface area (Å²) < 4.78 is 157. The number of hydrogen-bond donors (Lipinski definition) is 1. The molecule has 8 rings (SSSR count). The van der Waals surface area contributed by atoms with E-state index >= 15 is 0 Å². The molecule has 6 nitrogen and oxygen atoms in total. The zero-order valence-electron chi connectivity index (χ0n) is 33.5. The molecule has 2 heterocycles. The Labute approximate surface area is 280 Å². The van der Waals surface area contributed by atoms with Crippen LogP contribution in [0.1, 0.15) is 13.7 Å². The monoisotopic (exact) mass is 662 g/mol. The number of para-hydroxylation sites is 2. The Hall–Kier alpha value is -5.74. The molecule has 0 aliphatic heterocycles. The van der Waals surface area contributed by atoms with Crippen LogP contribution in [0.25, 0.3) is 66.1 Å². The minimum absolute atomic E-state index is 0.0125. The molecule has 6 aromatic carbocycles. The molecule has 0 atom stereocenters. The van der Waals surface area contributed by atoms with Crippen LogP contribution in [0.2, 0.25) is 0 Å². The van der Waals surface area contributed by atoms with Crippen molar-refractivity contribution in [2.75, 3.05) is 0 Å². The number of alkyl halides is 3. The molecule has 0 spiro atoms. The smallest absolute Gasteiger partial charge is 0.507 e. The Kier molecular flexibility index (Phi) is 5.02. The number of phenols is 1. The van der Waals surface area contributed by atoms with Crippen LogP contribution in [0.5, 0.6) is 11.5 Å². The fourth-order valence-electron chi connectivity index (χ4n) is 5.04. The van der Waals surface area contributed by atoms with Gasteiger partial charge in [0.2, 0.25) is 0 Å². The normalized spacial score (nSPS) is 15.0. The molecule has 234 valence electrons. The van der Waals surface area contributed by atoms with Crippen molar-refractivity contribution in [1.29, 1.82) is 0 Å². The van der Waals surface area contributed by atoms with Gasteiger partial charge in [-0.1, -0.05) is 109 Å². The van der Waals surface area contributed by atoms with Crippen molar-refractivity contribution in [2.45, 2.75) is 5.51 Å². The lowest BCUT2D eigenvalue weighted by Gasteiger charge is -2.10. The van der Waals surface area contributed by atoms with Gasteiger partial charge in [-0.3, -0.25) is 0 Å². The van der Waals surface area contributed by atoms with Gasteiger partial charge in [0, 0.05) is 21.9 Å². The predicted molar refractivity (Wildman–Crippen MR) is 176 cm³/mol. The minimum Gasteiger partial charge on any atom is -0.507 e. The van der Waals surface area contributed by atoms with Gasteiger partial charge in [-0.05, 0) is 35.4 Å². The van der Waals surface area contributed by atoms with E-state index in [9.17, 15) is 26.7 Å². The van der Waals surface area contributed by atoms with Crippen molar-refractivity contribution in [3.05, 3.63) is 133 Å². The van der Waals surface area contributed by atoms with Gasteiger partial charge in [0.25, 0.3) is 0 Å². The molecule has 0 saturated carbocycles. The minimum atomic E-state index is -5.95.